The summed E-state index contributed by atoms with van der Waals surface area (Å²) in [6.45, 7) is 0. The van der Waals surface area contributed by atoms with Gasteiger partial charge in [0.25, 0.3) is 5.91 Å². The minimum Gasteiger partial charge on any atom is -0.507 e. The van der Waals surface area contributed by atoms with Gasteiger partial charge in [0, 0.05) is 52.8 Å². The van der Waals surface area contributed by atoms with Crippen molar-refractivity contribution in [3.63, 3.8) is 0 Å². The Morgan fingerprint density at radius 3 is 1.41 bits per heavy atom. The molecule has 0 aliphatic rings. The highest BCUT2D eigenvalue weighted by molar-refractivity contribution is 6.12. The Morgan fingerprint density at radius 2 is 0.929 bits per heavy atom. The summed E-state index contributed by atoms with van der Waals surface area (Å²) >= 11 is 0. The average Bonchev–Trinajstić information content (AvgIpc) is 3.14. The van der Waals surface area contributed by atoms with Crippen molar-refractivity contribution in [3.05, 3.63) is 48.0 Å². The van der Waals surface area contributed by atoms with E-state index in [4.69, 9.17) is 10.2 Å². The Kier molecular flexibility index (Phi) is 15.3. The lowest BCUT2D eigenvalue weighted by molar-refractivity contribution is -0.144. The molecule has 0 bridgehead atoms. The van der Waals surface area contributed by atoms with E-state index in [0.29, 0.717) is 5.39 Å². The van der Waals surface area contributed by atoms with E-state index in [2.05, 4.69) is 20.9 Å². The smallest absolute Gasteiger partial charge is 0.326 e. The number of hydrogen-bond acceptors (Lipinski definition) is 12. The van der Waals surface area contributed by atoms with E-state index in [-0.39, 0.29) is 33.2 Å². The van der Waals surface area contributed by atoms with Crippen LogP contribution in [0.2, 0.25) is 0 Å². The third-order valence-corrected chi connectivity index (χ3v) is 8.26. The average molecular weight is 784 g/mol. The van der Waals surface area contributed by atoms with E-state index < -0.39 is 129 Å². The summed E-state index contributed by atoms with van der Waals surface area (Å²) in [5, 5.41) is 82.0. The predicted octanol–water partition coefficient (Wildman–Crippen LogP) is 1.36. The summed E-state index contributed by atoms with van der Waals surface area (Å²) in [6, 6.07) is 3.06. The molecular formula is C35H37N5O16. The summed E-state index contributed by atoms with van der Waals surface area (Å²) in [4.78, 5) is 109. The molecule has 4 amide bonds. The first-order valence-electron chi connectivity index (χ1n) is 16.7. The van der Waals surface area contributed by atoms with Gasteiger partial charge in [0.05, 0.1) is 0 Å². The van der Waals surface area contributed by atoms with Gasteiger partial charge < -0.3 is 51.7 Å². The molecule has 21 heteroatoms. The number of hydrogen-bond donors (Lipinski definition) is 10. The number of phenolic OH excluding ortho intramolecular Hbond substituents is 2. The maximum Gasteiger partial charge on any atom is 0.326 e. The van der Waals surface area contributed by atoms with Crippen molar-refractivity contribution in [1.82, 2.24) is 16.0 Å². The molecule has 0 saturated carbocycles. The van der Waals surface area contributed by atoms with Gasteiger partial charge in [-0.25, -0.2) is 4.79 Å². The van der Waals surface area contributed by atoms with Gasteiger partial charge in [0.2, 0.25) is 17.7 Å². The first-order valence-corrected chi connectivity index (χ1v) is 16.7. The number of carbonyl (C=O) groups is 9. The topological polar surface area (TPSA) is 356 Å². The van der Waals surface area contributed by atoms with Gasteiger partial charge in [-0.3, -0.25) is 38.4 Å². The predicted molar refractivity (Wildman–Crippen MR) is 189 cm³/mol. The van der Waals surface area contributed by atoms with E-state index in [9.17, 15) is 68.7 Å². The van der Waals surface area contributed by atoms with Crippen LogP contribution in [-0.2, 0) is 38.4 Å². The number of carbonyl (C=O) groups excluding carboxylic acids is 4. The second kappa shape index (κ2) is 19.8. The molecule has 298 valence electrons. The number of rotatable bonds is 21. The van der Waals surface area contributed by atoms with Crippen LogP contribution in [0.4, 0.5) is 0 Å². The Hall–Kier alpha value is -7.19. The van der Waals surface area contributed by atoms with Crippen LogP contribution in [0.25, 0.3) is 21.5 Å². The fourth-order valence-electron chi connectivity index (χ4n) is 5.36. The minimum atomic E-state index is -1.80. The molecule has 0 radical (unpaired) electrons. The molecule has 0 spiro atoms. The number of aromatic hydroxyl groups is 2. The molecule has 3 aromatic rings. The number of amides is 4. The van der Waals surface area contributed by atoms with Crippen LogP contribution >= 0.6 is 0 Å². The number of phenols is 2. The number of nitrogens with one attached hydrogen (secondary N) is 3. The molecule has 0 heterocycles. The summed E-state index contributed by atoms with van der Waals surface area (Å²) in [5.41, 5.74) is -0.166. The largest absolute Gasteiger partial charge is 0.507 e. The molecule has 0 aromatic heterocycles. The number of benzene rings is 3. The Bertz CT molecular complexity index is 2080. The number of aliphatic carboxylic acids is 5. The maximum atomic E-state index is 13.4. The Morgan fingerprint density at radius 1 is 0.518 bits per heavy atom. The molecule has 3 rings (SSSR count). The molecule has 0 unspecified atom stereocenters. The molecule has 10 N–H and O–H groups in total. The minimum absolute atomic E-state index is 0.0730. The van der Waals surface area contributed by atoms with Crippen LogP contribution in [0, 0.1) is 0 Å². The van der Waals surface area contributed by atoms with E-state index in [0.717, 1.165) is 0 Å². The monoisotopic (exact) mass is 783 g/mol. The molecule has 0 saturated heterocycles. The van der Waals surface area contributed by atoms with Crippen molar-refractivity contribution in [3.8, 4) is 11.5 Å². The van der Waals surface area contributed by atoms with Crippen LogP contribution in [0.3, 0.4) is 0 Å². The summed E-state index contributed by atoms with van der Waals surface area (Å²) in [5.74, 6) is -12.5. The second-order valence-electron chi connectivity index (χ2n) is 12.3. The molecule has 56 heavy (non-hydrogen) atoms. The van der Waals surface area contributed by atoms with E-state index in [1.54, 1.807) is 24.3 Å². The summed E-state index contributed by atoms with van der Waals surface area (Å²) < 4.78 is 0. The standard InChI is InChI=1S/C35H37N5O16/c41-25(42)11-7-21(32(52)36-22(8-12-26(43)44)33(53)38-24(35(55)56)10-14-28(47)48)37-34(54)23(9-13-27(45)46)39-40-31(51)16-5-6-19-20(15-16)30(50)18-4-2-1-3-17(18)29(19)49/h1-6,15,21-24,49-50H,7-14H2,(H,36,52)(H,37,54)(H,38,53)(H,41,42)(H,43,44)(H,45,46)(H,47,48)(H,55,56)/t21-,22-,23+,24-/m1/s1. The Labute approximate surface area is 315 Å². The van der Waals surface area contributed by atoms with Gasteiger partial charge in [-0.2, -0.15) is 5.11 Å². The number of nitrogens with zero attached hydrogens (tertiary/aromatic N) is 2. The lowest BCUT2D eigenvalue weighted by Gasteiger charge is -2.24. The van der Waals surface area contributed by atoms with Crippen LogP contribution in [-0.4, -0.2) is 113 Å². The van der Waals surface area contributed by atoms with Crippen LogP contribution < -0.4 is 16.0 Å². The lowest BCUT2D eigenvalue weighted by atomic mass is 9.99. The highest BCUT2D eigenvalue weighted by atomic mass is 16.4. The molecule has 4 atom stereocenters. The Balaban J connectivity index is 1.88. The fraction of sp³-hybridized carbons (Fsp3) is 0.343. The number of carboxylic acids is 5. The van der Waals surface area contributed by atoms with Crippen molar-refractivity contribution < 1.29 is 78.9 Å². The summed E-state index contributed by atoms with van der Waals surface area (Å²) in [6.07, 6.45) is -5.29. The lowest BCUT2D eigenvalue weighted by Crippen LogP contribution is -2.56. The molecule has 3 aromatic carbocycles. The highest BCUT2D eigenvalue weighted by Crippen LogP contribution is 2.41. The van der Waals surface area contributed by atoms with E-state index in [1.165, 1.54) is 18.2 Å². The zero-order valence-corrected chi connectivity index (χ0v) is 29.2. The molecule has 0 fully saturated rings. The number of azo groups is 1. The van der Waals surface area contributed by atoms with Gasteiger partial charge in [-0.05, 0) is 43.9 Å². The molecule has 0 aliphatic heterocycles. The zero-order valence-electron chi connectivity index (χ0n) is 29.2. The first-order chi connectivity index (χ1) is 26.4. The van der Waals surface area contributed by atoms with Gasteiger partial charge >= 0.3 is 29.8 Å². The van der Waals surface area contributed by atoms with Crippen molar-refractivity contribution in [2.24, 2.45) is 10.2 Å². The number of fused-ring (bicyclic) bond motifs is 2. The summed E-state index contributed by atoms with van der Waals surface area (Å²) in [7, 11) is 0. The normalized spacial score (nSPS) is 13.3. The van der Waals surface area contributed by atoms with Gasteiger partial charge in [-0.15, -0.1) is 5.11 Å². The van der Waals surface area contributed by atoms with Crippen molar-refractivity contribution in [2.75, 3.05) is 0 Å². The van der Waals surface area contributed by atoms with Crippen LogP contribution in [0.15, 0.2) is 52.7 Å². The quantitative estimate of drug-likeness (QED) is 0.0414. The maximum absolute atomic E-state index is 13.4. The van der Waals surface area contributed by atoms with Crippen LogP contribution in [0.1, 0.15) is 61.7 Å². The number of carboxylic acid groups (broad SMARTS) is 5. The highest BCUT2D eigenvalue weighted by Gasteiger charge is 2.32. The molecule has 0 aliphatic carbocycles. The van der Waals surface area contributed by atoms with E-state index >= 15 is 0 Å². The third kappa shape index (κ3) is 12.2. The molecular weight excluding hydrogens is 746 g/mol. The van der Waals surface area contributed by atoms with Gasteiger partial charge in [0.15, 0.2) is 6.04 Å². The van der Waals surface area contributed by atoms with Crippen molar-refractivity contribution in [2.45, 2.75) is 75.5 Å². The molecule has 21 nitrogen and oxygen atoms in total. The van der Waals surface area contributed by atoms with E-state index in [1.807, 2.05) is 5.32 Å². The third-order valence-electron chi connectivity index (χ3n) is 8.26. The SMILES string of the molecule is O=C(O)CC[C@H](N=NC(=O)c1ccc2c(O)c3ccccc3c(O)c2c1)C(=O)N[C@H](CCC(=O)O)C(=O)N[C@H](CCC(=O)O)C(=O)N[C@H](CCC(=O)O)C(=O)O. The van der Waals surface area contributed by atoms with Crippen molar-refractivity contribution in [1.29, 1.82) is 0 Å². The van der Waals surface area contributed by atoms with Gasteiger partial charge in [-0.1, -0.05) is 24.3 Å². The first kappa shape index (κ1) is 43.2. The van der Waals surface area contributed by atoms with Gasteiger partial charge in [0.1, 0.15) is 29.6 Å². The van der Waals surface area contributed by atoms with Crippen LogP contribution in [0.5, 0.6) is 11.5 Å². The second-order valence-corrected chi connectivity index (χ2v) is 12.3. The fourth-order valence-corrected chi connectivity index (χ4v) is 5.36. The van der Waals surface area contributed by atoms with Crippen molar-refractivity contribution >= 4 is 75.0 Å². The zero-order chi connectivity index (χ0) is 41.7.